The summed E-state index contributed by atoms with van der Waals surface area (Å²) in [5.74, 6) is 0.857. The van der Waals surface area contributed by atoms with Crippen molar-refractivity contribution in [3.8, 4) is 0 Å². The summed E-state index contributed by atoms with van der Waals surface area (Å²) in [5.41, 5.74) is 1.39. The molecule has 1 aromatic heterocycles. The summed E-state index contributed by atoms with van der Waals surface area (Å²) in [6.07, 6.45) is 6.17. The highest BCUT2D eigenvalue weighted by Crippen LogP contribution is 2.45. The van der Waals surface area contributed by atoms with Crippen molar-refractivity contribution >= 4 is 10.9 Å². The molecule has 1 fully saturated rings. The largest absolute Gasteiger partial charge is 0.385 e. The minimum Gasteiger partial charge on any atom is -0.385 e. The second-order valence-electron chi connectivity index (χ2n) is 6.43. The third-order valence-corrected chi connectivity index (χ3v) is 4.84. The maximum absolute atomic E-state index is 11.3. The molecule has 0 amide bonds. The van der Waals surface area contributed by atoms with Gasteiger partial charge < -0.3 is 5.11 Å². The Labute approximate surface area is 120 Å². The molecular weight excluding hydrogens is 246 g/mol. The lowest BCUT2D eigenvalue weighted by Gasteiger charge is -2.43. The third kappa shape index (κ3) is 2.22. The molecule has 0 radical (unpaired) electrons. The van der Waals surface area contributed by atoms with Gasteiger partial charge in [-0.1, -0.05) is 38.8 Å². The van der Waals surface area contributed by atoms with E-state index in [1.54, 1.807) is 0 Å². The quantitative estimate of drug-likeness (QED) is 0.883. The average molecular weight is 269 g/mol. The fraction of sp³-hybridized carbons (Fsp3) is 0.500. The third-order valence-electron chi connectivity index (χ3n) is 4.84. The van der Waals surface area contributed by atoms with Crippen molar-refractivity contribution in [2.75, 3.05) is 0 Å². The zero-order valence-electron chi connectivity index (χ0n) is 12.3. The number of rotatable bonds is 2. The molecule has 2 unspecified atom stereocenters. The molecule has 106 valence electrons. The molecule has 0 bridgehead atoms. The van der Waals surface area contributed by atoms with Crippen LogP contribution in [0.2, 0.25) is 0 Å². The molecule has 1 heterocycles. The Kier molecular flexibility index (Phi) is 3.51. The highest BCUT2D eigenvalue weighted by Gasteiger charge is 2.41. The highest BCUT2D eigenvalue weighted by atomic mass is 16.3. The first kappa shape index (κ1) is 13.6. The predicted molar refractivity (Wildman–Crippen MR) is 82.4 cm³/mol. The van der Waals surface area contributed by atoms with Crippen molar-refractivity contribution in [1.82, 2.24) is 4.98 Å². The fourth-order valence-electron chi connectivity index (χ4n) is 3.77. The second kappa shape index (κ2) is 5.17. The molecule has 20 heavy (non-hydrogen) atoms. The zero-order valence-corrected chi connectivity index (χ0v) is 12.3. The standard InChI is InChI=1S/C18H23NO/c1-13(2)16-7-3-4-10-18(16,20)15-8-9-17-14(12-15)6-5-11-19-17/h5-6,8-9,11-13,16,20H,3-4,7,10H2,1-2H3. The van der Waals surface area contributed by atoms with E-state index in [0.717, 1.165) is 35.7 Å². The number of hydrogen-bond donors (Lipinski definition) is 1. The van der Waals surface area contributed by atoms with Crippen molar-refractivity contribution in [3.05, 3.63) is 42.1 Å². The smallest absolute Gasteiger partial charge is 0.0927 e. The minimum atomic E-state index is -0.670. The molecule has 2 aromatic rings. The molecule has 1 aliphatic carbocycles. The molecule has 1 aromatic carbocycles. The lowest BCUT2D eigenvalue weighted by molar-refractivity contribution is -0.0720. The van der Waals surface area contributed by atoms with Crippen LogP contribution in [-0.4, -0.2) is 10.1 Å². The molecular formula is C18H23NO. The van der Waals surface area contributed by atoms with E-state index < -0.39 is 5.60 Å². The minimum absolute atomic E-state index is 0.352. The average Bonchev–Trinajstić information content (AvgIpc) is 2.47. The van der Waals surface area contributed by atoms with Crippen LogP contribution in [0.25, 0.3) is 10.9 Å². The van der Waals surface area contributed by atoms with Gasteiger partial charge in [0.1, 0.15) is 0 Å². The first-order chi connectivity index (χ1) is 9.61. The van der Waals surface area contributed by atoms with Gasteiger partial charge in [-0.15, -0.1) is 0 Å². The van der Waals surface area contributed by atoms with Crippen LogP contribution in [0.5, 0.6) is 0 Å². The van der Waals surface area contributed by atoms with E-state index in [1.165, 1.54) is 6.42 Å². The summed E-state index contributed by atoms with van der Waals surface area (Å²) in [6, 6.07) is 10.3. The molecule has 1 saturated carbocycles. The Morgan fingerprint density at radius 3 is 2.90 bits per heavy atom. The maximum Gasteiger partial charge on any atom is 0.0927 e. The van der Waals surface area contributed by atoms with Gasteiger partial charge >= 0.3 is 0 Å². The molecule has 2 atom stereocenters. The Hall–Kier alpha value is -1.41. The topological polar surface area (TPSA) is 33.1 Å². The molecule has 1 aliphatic rings. The number of pyridine rings is 1. The normalized spacial score (nSPS) is 27.1. The number of aliphatic hydroxyl groups is 1. The van der Waals surface area contributed by atoms with Crippen LogP contribution in [0.15, 0.2) is 36.5 Å². The van der Waals surface area contributed by atoms with Gasteiger partial charge in [-0.2, -0.15) is 0 Å². The van der Waals surface area contributed by atoms with Crippen molar-refractivity contribution in [2.45, 2.75) is 45.1 Å². The van der Waals surface area contributed by atoms with Crippen LogP contribution < -0.4 is 0 Å². The van der Waals surface area contributed by atoms with E-state index >= 15 is 0 Å². The molecule has 1 N–H and O–H groups in total. The lowest BCUT2D eigenvalue weighted by Crippen LogP contribution is -2.40. The summed E-state index contributed by atoms with van der Waals surface area (Å²) in [4.78, 5) is 4.36. The van der Waals surface area contributed by atoms with Crippen molar-refractivity contribution in [1.29, 1.82) is 0 Å². The first-order valence-electron chi connectivity index (χ1n) is 7.69. The van der Waals surface area contributed by atoms with Crippen LogP contribution in [0, 0.1) is 11.8 Å². The predicted octanol–water partition coefficient (Wildman–Crippen LogP) is 4.27. The van der Waals surface area contributed by atoms with Crippen molar-refractivity contribution in [2.24, 2.45) is 11.8 Å². The van der Waals surface area contributed by atoms with Gasteiger partial charge in [0.2, 0.25) is 0 Å². The van der Waals surface area contributed by atoms with Crippen molar-refractivity contribution < 1.29 is 5.11 Å². The highest BCUT2D eigenvalue weighted by molar-refractivity contribution is 5.79. The van der Waals surface area contributed by atoms with Gasteiger partial charge in [0.05, 0.1) is 11.1 Å². The monoisotopic (exact) mass is 269 g/mol. The van der Waals surface area contributed by atoms with Crippen molar-refractivity contribution in [3.63, 3.8) is 0 Å². The van der Waals surface area contributed by atoms with E-state index in [4.69, 9.17) is 0 Å². The summed E-state index contributed by atoms with van der Waals surface area (Å²) >= 11 is 0. The van der Waals surface area contributed by atoms with Gasteiger partial charge in [0, 0.05) is 11.6 Å². The van der Waals surface area contributed by atoms with Gasteiger partial charge in [0.25, 0.3) is 0 Å². The maximum atomic E-state index is 11.3. The molecule has 2 nitrogen and oxygen atoms in total. The van der Waals surface area contributed by atoms with E-state index in [1.807, 2.05) is 18.3 Å². The van der Waals surface area contributed by atoms with Crippen LogP contribution in [0.3, 0.4) is 0 Å². The lowest BCUT2D eigenvalue weighted by atomic mass is 9.67. The second-order valence-corrected chi connectivity index (χ2v) is 6.43. The van der Waals surface area contributed by atoms with E-state index in [2.05, 4.69) is 37.0 Å². The molecule has 2 heteroatoms. The Bertz CT molecular complexity index is 607. The fourth-order valence-corrected chi connectivity index (χ4v) is 3.77. The van der Waals surface area contributed by atoms with Crippen LogP contribution in [-0.2, 0) is 5.60 Å². The van der Waals surface area contributed by atoms with Gasteiger partial charge in [-0.25, -0.2) is 0 Å². The van der Waals surface area contributed by atoms with E-state index in [-0.39, 0.29) is 0 Å². The van der Waals surface area contributed by atoms with Crippen LogP contribution >= 0.6 is 0 Å². The Morgan fingerprint density at radius 1 is 1.25 bits per heavy atom. The summed E-state index contributed by atoms with van der Waals surface area (Å²) in [6.45, 7) is 4.45. The van der Waals surface area contributed by atoms with Gasteiger partial charge in [-0.3, -0.25) is 4.98 Å². The number of benzene rings is 1. The van der Waals surface area contributed by atoms with Gasteiger partial charge in [-0.05, 0) is 48.4 Å². The number of aromatic nitrogens is 1. The number of nitrogens with zero attached hydrogens (tertiary/aromatic N) is 1. The van der Waals surface area contributed by atoms with Crippen LogP contribution in [0.1, 0.15) is 45.1 Å². The summed E-state index contributed by atoms with van der Waals surface area (Å²) < 4.78 is 0. The molecule has 0 spiro atoms. The zero-order chi connectivity index (χ0) is 14.2. The van der Waals surface area contributed by atoms with E-state index in [0.29, 0.717) is 11.8 Å². The van der Waals surface area contributed by atoms with E-state index in [9.17, 15) is 5.11 Å². The first-order valence-corrected chi connectivity index (χ1v) is 7.69. The summed E-state index contributed by atoms with van der Waals surface area (Å²) in [7, 11) is 0. The molecule has 0 aliphatic heterocycles. The SMILES string of the molecule is CC(C)C1CCCCC1(O)c1ccc2ncccc2c1. The Balaban J connectivity index is 2.06. The van der Waals surface area contributed by atoms with Crippen LogP contribution in [0.4, 0.5) is 0 Å². The number of hydrogen-bond acceptors (Lipinski definition) is 2. The van der Waals surface area contributed by atoms with Gasteiger partial charge in [0.15, 0.2) is 0 Å². The molecule has 3 rings (SSSR count). The molecule has 0 saturated heterocycles. The number of fused-ring (bicyclic) bond motifs is 1. The summed E-state index contributed by atoms with van der Waals surface area (Å²) in [5, 5.41) is 12.4. The Morgan fingerprint density at radius 2 is 2.10 bits per heavy atom.